The average molecular weight is 278 g/mol. The van der Waals surface area contributed by atoms with Crippen molar-refractivity contribution >= 4 is 17.0 Å². The molecule has 0 saturated carbocycles. The van der Waals surface area contributed by atoms with Crippen molar-refractivity contribution < 1.29 is 0 Å². The Morgan fingerprint density at radius 2 is 1.70 bits per heavy atom. The number of nitrogens with zero attached hydrogens (tertiary/aromatic N) is 3. The van der Waals surface area contributed by atoms with Gasteiger partial charge in [0.1, 0.15) is 10.9 Å². The molecule has 5 heteroatoms. The van der Waals surface area contributed by atoms with Crippen molar-refractivity contribution in [1.29, 1.82) is 5.26 Å². The lowest BCUT2D eigenvalue weighted by Gasteiger charge is -2.04. The first-order valence-corrected chi connectivity index (χ1v) is 6.76. The highest BCUT2D eigenvalue weighted by atomic mass is 32.1. The summed E-state index contributed by atoms with van der Waals surface area (Å²) >= 11 is 1.38. The van der Waals surface area contributed by atoms with Crippen molar-refractivity contribution in [3.8, 4) is 27.6 Å². The number of pyridine rings is 2. The second-order valence-corrected chi connectivity index (χ2v) is 5.16. The Labute approximate surface area is 120 Å². The third-order valence-electron chi connectivity index (χ3n) is 2.92. The van der Waals surface area contributed by atoms with Gasteiger partial charge >= 0.3 is 0 Å². The first kappa shape index (κ1) is 12.3. The number of nitriles is 1. The first-order chi connectivity index (χ1) is 9.81. The van der Waals surface area contributed by atoms with Gasteiger partial charge in [0.2, 0.25) is 0 Å². The van der Waals surface area contributed by atoms with Crippen LogP contribution in [-0.2, 0) is 0 Å². The molecular weight excluding hydrogens is 268 g/mol. The molecule has 0 amide bonds. The summed E-state index contributed by atoms with van der Waals surface area (Å²) < 4.78 is 0. The molecule has 3 heterocycles. The van der Waals surface area contributed by atoms with Crippen LogP contribution in [0.15, 0.2) is 49.1 Å². The third-order valence-corrected chi connectivity index (χ3v) is 4.08. The Bertz CT molecular complexity index is 773. The van der Waals surface area contributed by atoms with E-state index in [1.807, 2.05) is 24.3 Å². The SMILES string of the molecule is N#Cc1sc(-c2cccnc2)c(-c2cccnc2)c1N. The lowest BCUT2D eigenvalue weighted by atomic mass is 10.0. The number of nitrogen functional groups attached to an aromatic ring is 1. The van der Waals surface area contributed by atoms with E-state index in [1.54, 1.807) is 24.8 Å². The Balaban J connectivity index is 2.28. The lowest BCUT2D eigenvalue weighted by molar-refractivity contribution is 1.32. The van der Waals surface area contributed by atoms with E-state index < -0.39 is 0 Å². The second-order valence-electron chi connectivity index (χ2n) is 4.14. The molecule has 0 radical (unpaired) electrons. The molecule has 0 aromatic carbocycles. The molecular formula is C15H10N4S. The quantitative estimate of drug-likeness (QED) is 0.780. The number of hydrogen-bond donors (Lipinski definition) is 1. The summed E-state index contributed by atoms with van der Waals surface area (Å²) in [5, 5.41) is 9.20. The highest BCUT2D eigenvalue weighted by Crippen LogP contribution is 2.44. The monoisotopic (exact) mass is 278 g/mol. The van der Waals surface area contributed by atoms with E-state index in [9.17, 15) is 5.26 Å². The van der Waals surface area contributed by atoms with Crippen LogP contribution < -0.4 is 5.73 Å². The van der Waals surface area contributed by atoms with Gasteiger partial charge in [0.05, 0.1) is 5.69 Å². The molecule has 0 spiro atoms. The molecule has 0 aliphatic rings. The number of nitrogens with two attached hydrogens (primary N) is 1. The Kier molecular flexibility index (Phi) is 3.15. The standard InChI is InChI=1S/C15H10N4S/c16-7-12-14(17)13(10-3-1-5-18-8-10)15(20-12)11-4-2-6-19-9-11/h1-6,8-9H,17H2. The zero-order valence-corrected chi connectivity index (χ0v) is 11.3. The van der Waals surface area contributed by atoms with E-state index in [-0.39, 0.29) is 0 Å². The van der Waals surface area contributed by atoms with E-state index >= 15 is 0 Å². The fraction of sp³-hybridized carbons (Fsp3) is 0. The van der Waals surface area contributed by atoms with Gasteiger partial charge in [-0.1, -0.05) is 12.1 Å². The molecule has 0 unspecified atom stereocenters. The molecule has 4 nitrogen and oxygen atoms in total. The van der Waals surface area contributed by atoms with Gasteiger partial charge in [-0.2, -0.15) is 5.26 Å². The maximum Gasteiger partial charge on any atom is 0.129 e. The number of anilines is 1. The van der Waals surface area contributed by atoms with Crippen LogP contribution in [0.5, 0.6) is 0 Å². The molecule has 96 valence electrons. The van der Waals surface area contributed by atoms with Crippen LogP contribution in [0.4, 0.5) is 5.69 Å². The first-order valence-electron chi connectivity index (χ1n) is 5.94. The van der Waals surface area contributed by atoms with Gasteiger partial charge in [-0.3, -0.25) is 9.97 Å². The number of thiophene rings is 1. The van der Waals surface area contributed by atoms with Crippen molar-refractivity contribution in [1.82, 2.24) is 9.97 Å². The maximum atomic E-state index is 9.20. The van der Waals surface area contributed by atoms with Crippen molar-refractivity contribution in [2.75, 3.05) is 5.73 Å². The zero-order valence-electron chi connectivity index (χ0n) is 10.4. The molecule has 0 fully saturated rings. The largest absolute Gasteiger partial charge is 0.396 e. The minimum absolute atomic E-state index is 0.504. The third kappa shape index (κ3) is 2.02. The van der Waals surface area contributed by atoms with Crippen LogP contribution in [0, 0.1) is 11.3 Å². The lowest BCUT2D eigenvalue weighted by Crippen LogP contribution is -1.90. The van der Waals surface area contributed by atoms with Crippen molar-refractivity contribution in [3.63, 3.8) is 0 Å². The van der Waals surface area contributed by atoms with E-state index in [1.165, 1.54) is 11.3 Å². The van der Waals surface area contributed by atoms with Gasteiger partial charge in [0.25, 0.3) is 0 Å². The van der Waals surface area contributed by atoms with Gasteiger partial charge in [-0.15, -0.1) is 11.3 Å². The summed E-state index contributed by atoms with van der Waals surface area (Å²) in [4.78, 5) is 9.71. The number of aromatic nitrogens is 2. The van der Waals surface area contributed by atoms with Crippen molar-refractivity contribution in [3.05, 3.63) is 53.9 Å². The molecule has 3 aromatic rings. The summed E-state index contributed by atoms with van der Waals surface area (Å²) in [5.41, 5.74) is 9.34. The zero-order chi connectivity index (χ0) is 13.9. The van der Waals surface area contributed by atoms with Crippen molar-refractivity contribution in [2.45, 2.75) is 0 Å². The van der Waals surface area contributed by atoms with Gasteiger partial charge in [0.15, 0.2) is 0 Å². The Hall–Kier alpha value is -2.71. The van der Waals surface area contributed by atoms with Gasteiger partial charge < -0.3 is 5.73 Å². The number of hydrogen-bond acceptors (Lipinski definition) is 5. The Morgan fingerprint density at radius 1 is 1.05 bits per heavy atom. The van der Waals surface area contributed by atoms with Crippen LogP contribution in [0.1, 0.15) is 4.88 Å². The minimum Gasteiger partial charge on any atom is -0.396 e. The molecule has 0 saturated heterocycles. The van der Waals surface area contributed by atoms with Gasteiger partial charge in [0, 0.05) is 46.4 Å². The van der Waals surface area contributed by atoms with Crippen molar-refractivity contribution in [2.24, 2.45) is 0 Å². The molecule has 0 aliphatic carbocycles. The molecule has 3 rings (SSSR count). The van der Waals surface area contributed by atoms with Crippen LogP contribution in [0.2, 0.25) is 0 Å². The second kappa shape index (κ2) is 5.11. The summed E-state index contributed by atoms with van der Waals surface area (Å²) in [5.74, 6) is 0. The van der Waals surface area contributed by atoms with E-state index in [2.05, 4.69) is 16.0 Å². The molecule has 20 heavy (non-hydrogen) atoms. The van der Waals surface area contributed by atoms with Crippen LogP contribution in [0.3, 0.4) is 0 Å². The smallest absolute Gasteiger partial charge is 0.129 e. The molecule has 2 N–H and O–H groups in total. The molecule has 0 aliphatic heterocycles. The van der Waals surface area contributed by atoms with Crippen LogP contribution >= 0.6 is 11.3 Å². The molecule has 0 atom stereocenters. The summed E-state index contributed by atoms with van der Waals surface area (Å²) in [6, 6.07) is 9.76. The highest BCUT2D eigenvalue weighted by Gasteiger charge is 2.18. The average Bonchev–Trinajstić information content (AvgIpc) is 2.86. The van der Waals surface area contributed by atoms with Crippen LogP contribution in [-0.4, -0.2) is 9.97 Å². The van der Waals surface area contributed by atoms with E-state index in [0.717, 1.165) is 21.6 Å². The predicted molar refractivity (Wildman–Crippen MR) is 79.9 cm³/mol. The van der Waals surface area contributed by atoms with Gasteiger partial charge in [-0.05, 0) is 12.1 Å². The van der Waals surface area contributed by atoms with Crippen LogP contribution in [0.25, 0.3) is 21.6 Å². The predicted octanol–water partition coefficient (Wildman–Crippen LogP) is 3.33. The summed E-state index contributed by atoms with van der Waals surface area (Å²) in [6.45, 7) is 0. The Morgan fingerprint density at radius 3 is 2.25 bits per heavy atom. The maximum absolute atomic E-state index is 9.20. The fourth-order valence-corrected chi connectivity index (χ4v) is 3.05. The molecule has 0 bridgehead atoms. The van der Waals surface area contributed by atoms with Gasteiger partial charge in [-0.25, -0.2) is 0 Å². The minimum atomic E-state index is 0.504. The summed E-state index contributed by atoms with van der Waals surface area (Å²) in [7, 11) is 0. The summed E-state index contributed by atoms with van der Waals surface area (Å²) in [6.07, 6.45) is 6.95. The number of rotatable bonds is 2. The normalized spacial score (nSPS) is 10.2. The van der Waals surface area contributed by atoms with E-state index in [0.29, 0.717) is 10.6 Å². The van der Waals surface area contributed by atoms with E-state index in [4.69, 9.17) is 5.73 Å². The fourth-order valence-electron chi connectivity index (χ4n) is 2.02. The highest BCUT2D eigenvalue weighted by molar-refractivity contribution is 7.17. The molecule has 3 aromatic heterocycles. The topological polar surface area (TPSA) is 75.6 Å².